The largest absolute Gasteiger partial charge is 0.350 e. The number of hydrogen-bond donors (Lipinski definition) is 2. The second-order valence-electron chi connectivity index (χ2n) is 8.06. The van der Waals surface area contributed by atoms with Crippen molar-refractivity contribution in [1.29, 1.82) is 0 Å². The SMILES string of the molecule is CC(C)(C)Cc1nc(-c2cccc(C(=O)NCC(N)c3ccccc3)c2)no1. The van der Waals surface area contributed by atoms with Crippen LogP contribution in [-0.2, 0) is 6.42 Å². The molecule has 3 aromatic rings. The van der Waals surface area contributed by atoms with Crippen LogP contribution in [0.15, 0.2) is 59.1 Å². The molecule has 0 bridgehead atoms. The maximum atomic E-state index is 12.5. The second-order valence-corrected chi connectivity index (χ2v) is 8.06. The summed E-state index contributed by atoms with van der Waals surface area (Å²) in [6.45, 7) is 6.69. The lowest BCUT2D eigenvalue weighted by molar-refractivity contribution is 0.0951. The Morgan fingerprint density at radius 3 is 2.61 bits per heavy atom. The summed E-state index contributed by atoms with van der Waals surface area (Å²) in [7, 11) is 0. The summed E-state index contributed by atoms with van der Waals surface area (Å²) in [5.41, 5.74) is 8.46. The summed E-state index contributed by atoms with van der Waals surface area (Å²) < 4.78 is 5.35. The fourth-order valence-electron chi connectivity index (χ4n) is 2.82. The van der Waals surface area contributed by atoms with E-state index in [4.69, 9.17) is 10.3 Å². The first-order valence-corrected chi connectivity index (χ1v) is 9.33. The maximum Gasteiger partial charge on any atom is 0.251 e. The first-order valence-electron chi connectivity index (χ1n) is 9.33. The third kappa shape index (κ3) is 5.27. The third-order valence-electron chi connectivity index (χ3n) is 4.24. The number of hydrogen-bond acceptors (Lipinski definition) is 5. The number of rotatable bonds is 6. The fourth-order valence-corrected chi connectivity index (χ4v) is 2.82. The van der Waals surface area contributed by atoms with Crippen molar-refractivity contribution in [1.82, 2.24) is 15.5 Å². The van der Waals surface area contributed by atoms with Crippen LogP contribution >= 0.6 is 0 Å². The van der Waals surface area contributed by atoms with Gasteiger partial charge in [-0.05, 0) is 23.1 Å². The molecule has 0 spiro atoms. The van der Waals surface area contributed by atoms with Gasteiger partial charge in [-0.15, -0.1) is 0 Å². The van der Waals surface area contributed by atoms with Gasteiger partial charge < -0.3 is 15.6 Å². The van der Waals surface area contributed by atoms with Crippen molar-refractivity contribution in [3.05, 3.63) is 71.6 Å². The van der Waals surface area contributed by atoms with Crippen molar-refractivity contribution in [2.45, 2.75) is 33.2 Å². The molecule has 1 amide bonds. The van der Waals surface area contributed by atoms with Crippen molar-refractivity contribution in [3.63, 3.8) is 0 Å². The quantitative estimate of drug-likeness (QED) is 0.681. The smallest absolute Gasteiger partial charge is 0.251 e. The molecule has 6 nitrogen and oxygen atoms in total. The predicted molar refractivity (Wildman–Crippen MR) is 109 cm³/mol. The number of nitrogens with one attached hydrogen (secondary N) is 1. The highest BCUT2D eigenvalue weighted by molar-refractivity contribution is 5.95. The molecular formula is C22H26N4O2. The van der Waals surface area contributed by atoms with E-state index in [0.717, 1.165) is 11.1 Å². The van der Waals surface area contributed by atoms with Crippen LogP contribution < -0.4 is 11.1 Å². The van der Waals surface area contributed by atoms with E-state index in [1.54, 1.807) is 18.2 Å². The molecule has 0 fully saturated rings. The summed E-state index contributed by atoms with van der Waals surface area (Å²) in [5, 5.41) is 6.93. The van der Waals surface area contributed by atoms with Gasteiger partial charge in [0.2, 0.25) is 11.7 Å². The molecule has 0 saturated carbocycles. The average Bonchev–Trinajstić information content (AvgIpc) is 3.13. The Bertz CT molecular complexity index is 929. The number of benzene rings is 2. The van der Waals surface area contributed by atoms with Gasteiger partial charge in [-0.3, -0.25) is 4.79 Å². The lowest BCUT2D eigenvalue weighted by Gasteiger charge is -2.14. The van der Waals surface area contributed by atoms with Gasteiger partial charge >= 0.3 is 0 Å². The summed E-state index contributed by atoms with van der Waals surface area (Å²) in [6.07, 6.45) is 0.692. The minimum Gasteiger partial charge on any atom is -0.350 e. The highest BCUT2D eigenvalue weighted by atomic mass is 16.5. The van der Waals surface area contributed by atoms with E-state index in [-0.39, 0.29) is 17.4 Å². The number of carbonyl (C=O) groups is 1. The van der Waals surface area contributed by atoms with Crippen LogP contribution in [0.25, 0.3) is 11.4 Å². The molecule has 2 aromatic carbocycles. The van der Waals surface area contributed by atoms with Crippen LogP contribution in [0.1, 0.15) is 48.6 Å². The zero-order chi connectivity index (χ0) is 20.1. The normalized spacial score (nSPS) is 12.6. The lowest BCUT2D eigenvalue weighted by Crippen LogP contribution is -2.31. The van der Waals surface area contributed by atoms with Crippen LogP contribution in [0.5, 0.6) is 0 Å². The van der Waals surface area contributed by atoms with Crippen molar-refractivity contribution in [2.75, 3.05) is 6.54 Å². The first-order chi connectivity index (χ1) is 13.3. The van der Waals surface area contributed by atoms with E-state index in [1.165, 1.54) is 0 Å². The first kappa shape index (κ1) is 19.8. The van der Waals surface area contributed by atoms with E-state index in [1.807, 2.05) is 36.4 Å². The summed E-state index contributed by atoms with van der Waals surface area (Å²) in [4.78, 5) is 17.0. The van der Waals surface area contributed by atoms with E-state index in [2.05, 4.69) is 36.2 Å². The van der Waals surface area contributed by atoms with Gasteiger partial charge in [-0.1, -0.05) is 68.4 Å². The number of nitrogens with zero attached hydrogens (tertiary/aromatic N) is 2. The number of amides is 1. The minimum atomic E-state index is -0.259. The van der Waals surface area contributed by atoms with Crippen molar-refractivity contribution in [2.24, 2.45) is 11.1 Å². The van der Waals surface area contributed by atoms with Gasteiger partial charge in [-0.25, -0.2) is 0 Å². The van der Waals surface area contributed by atoms with Crippen molar-refractivity contribution < 1.29 is 9.32 Å². The van der Waals surface area contributed by atoms with Crippen LogP contribution in [0.2, 0.25) is 0 Å². The summed E-state index contributed by atoms with van der Waals surface area (Å²) >= 11 is 0. The van der Waals surface area contributed by atoms with Crippen LogP contribution in [0, 0.1) is 5.41 Å². The zero-order valence-corrected chi connectivity index (χ0v) is 16.5. The van der Waals surface area contributed by atoms with E-state index in [9.17, 15) is 4.79 Å². The lowest BCUT2D eigenvalue weighted by atomic mass is 9.92. The minimum absolute atomic E-state index is 0.0586. The zero-order valence-electron chi connectivity index (χ0n) is 16.5. The van der Waals surface area contributed by atoms with Crippen LogP contribution in [-0.4, -0.2) is 22.6 Å². The molecule has 1 heterocycles. The highest BCUT2D eigenvalue weighted by Crippen LogP contribution is 2.22. The van der Waals surface area contributed by atoms with Crippen LogP contribution in [0.3, 0.4) is 0 Å². The van der Waals surface area contributed by atoms with E-state index < -0.39 is 0 Å². The number of aromatic nitrogens is 2. The molecule has 0 saturated heterocycles. The van der Waals surface area contributed by atoms with Gasteiger partial charge in [0, 0.05) is 30.1 Å². The Morgan fingerprint density at radius 1 is 1.14 bits per heavy atom. The third-order valence-corrected chi connectivity index (χ3v) is 4.24. The monoisotopic (exact) mass is 378 g/mol. The van der Waals surface area contributed by atoms with Crippen molar-refractivity contribution >= 4 is 5.91 Å². The summed E-state index contributed by atoms with van der Waals surface area (Å²) in [6, 6.07) is 16.6. The topological polar surface area (TPSA) is 94.0 Å². The Kier molecular flexibility index (Phi) is 5.90. The average molecular weight is 378 g/mol. The second kappa shape index (κ2) is 8.35. The fraction of sp³-hybridized carbons (Fsp3) is 0.318. The van der Waals surface area contributed by atoms with Gasteiger partial charge in [0.1, 0.15) is 0 Å². The molecule has 3 N–H and O–H groups in total. The Balaban J connectivity index is 1.66. The molecule has 1 unspecified atom stereocenters. The Hall–Kier alpha value is -2.99. The number of carbonyl (C=O) groups excluding carboxylic acids is 1. The Labute approximate surface area is 165 Å². The molecular weight excluding hydrogens is 352 g/mol. The van der Waals surface area contributed by atoms with Gasteiger partial charge in [0.15, 0.2) is 0 Å². The predicted octanol–water partition coefficient (Wildman–Crippen LogP) is 3.76. The molecule has 146 valence electrons. The molecule has 0 aliphatic carbocycles. The summed E-state index contributed by atoms with van der Waals surface area (Å²) in [5.74, 6) is 0.882. The molecule has 6 heteroatoms. The molecule has 1 aromatic heterocycles. The van der Waals surface area contributed by atoms with Gasteiger partial charge in [0.05, 0.1) is 0 Å². The molecule has 3 rings (SSSR count). The van der Waals surface area contributed by atoms with Gasteiger partial charge in [0.25, 0.3) is 5.91 Å². The highest BCUT2D eigenvalue weighted by Gasteiger charge is 2.18. The van der Waals surface area contributed by atoms with Gasteiger partial charge in [-0.2, -0.15) is 4.98 Å². The molecule has 0 aliphatic rings. The Morgan fingerprint density at radius 2 is 1.89 bits per heavy atom. The maximum absolute atomic E-state index is 12.5. The van der Waals surface area contributed by atoms with E-state index >= 15 is 0 Å². The number of nitrogens with two attached hydrogens (primary N) is 1. The van der Waals surface area contributed by atoms with Crippen LogP contribution in [0.4, 0.5) is 0 Å². The standard InChI is InChI=1S/C22H26N4O2/c1-22(2,3)13-19-25-20(26-28-19)16-10-7-11-17(12-16)21(27)24-14-18(23)15-8-5-4-6-9-15/h4-12,18H,13-14,23H2,1-3H3,(H,24,27). The molecule has 1 atom stereocenters. The molecule has 0 radical (unpaired) electrons. The molecule has 28 heavy (non-hydrogen) atoms. The van der Waals surface area contributed by atoms with Crippen molar-refractivity contribution in [3.8, 4) is 11.4 Å². The van der Waals surface area contributed by atoms with E-state index in [0.29, 0.717) is 30.2 Å². The molecule has 0 aliphatic heterocycles.